The van der Waals surface area contributed by atoms with Gasteiger partial charge < -0.3 is 0 Å². The van der Waals surface area contributed by atoms with Crippen LogP contribution in [0.2, 0.25) is 0 Å². The van der Waals surface area contributed by atoms with E-state index in [2.05, 4.69) is 9.88 Å². The fourth-order valence-electron chi connectivity index (χ4n) is 3.15. The van der Waals surface area contributed by atoms with Crippen LogP contribution in [0.4, 0.5) is 0 Å². The molecule has 0 saturated carbocycles. The fourth-order valence-corrected chi connectivity index (χ4v) is 5.07. The van der Waals surface area contributed by atoms with E-state index in [9.17, 15) is 13.2 Å². The van der Waals surface area contributed by atoms with Gasteiger partial charge in [-0.1, -0.05) is 30.3 Å². The first kappa shape index (κ1) is 19.0. The van der Waals surface area contributed by atoms with Gasteiger partial charge in [0.15, 0.2) is 4.96 Å². The summed E-state index contributed by atoms with van der Waals surface area (Å²) in [5, 5.41) is 3.10. The topological polar surface area (TPSA) is 75.0 Å². The van der Waals surface area contributed by atoms with Crippen LogP contribution >= 0.6 is 11.3 Å². The van der Waals surface area contributed by atoms with Crippen LogP contribution in [-0.4, -0.2) is 53.2 Å². The van der Waals surface area contributed by atoms with Crippen LogP contribution in [0.5, 0.6) is 0 Å². The largest absolute Gasteiger partial charge is 0.295 e. The van der Waals surface area contributed by atoms with Crippen molar-refractivity contribution in [1.29, 1.82) is 0 Å². The Morgan fingerprint density at radius 1 is 1.11 bits per heavy atom. The predicted octanol–water partition coefficient (Wildman–Crippen LogP) is 1.87. The van der Waals surface area contributed by atoms with Crippen molar-refractivity contribution >= 4 is 32.4 Å². The smallest absolute Gasteiger partial charge is 0.258 e. The highest BCUT2D eigenvalue weighted by Crippen LogP contribution is 2.14. The summed E-state index contributed by atoms with van der Waals surface area (Å²) >= 11 is 1.42. The molecule has 1 aromatic carbocycles. The molecule has 3 aromatic rings. The van der Waals surface area contributed by atoms with E-state index in [4.69, 9.17) is 0 Å². The number of sulfonamides is 1. The maximum atomic E-state index is 12.6. The SMILES string of the molecule is O=c1cc(CN2CCN(S(=O)(=O)C=Cc3ccccc3)CC2)nc2sccn12. The molecule has 1 fully saturated rings. The second-order valence-corrected chi connectivity index (χ2v) is 9.27. The molecular formula is C19H20N4O3S2. The van der Waals surface area contributed by atoms with E-state index in [0.29, 0.717) is 43.4 Å². The van der Waals surface area contributed by atoms with Crippen LogP contribution in [0.3, 0.4) is 0 Å². The minimum atomic E-state index is -3.45. The second-order valence-electron chi connectivity index (χ2n) is 6.57. The molecule has 4 rings (SSSR count). The minimum absolute atomic E-state index is 0.0893. The van der Waals surface area contributed by atoms with Crippen molar-refractivity contribution in [3.05, 3.63) is 75.0 Å². The van der Waals surface area contributed by atoms with Crippen LogP contribution in [0.25, 0.3) is 11.0 Å². The number of benzene rings is 1. The number of rotatable bonds is 5. The molecule has 0 N–H and O–H groups in total. The molecule has 1 aliphatic heterocycles. The van der Waals surface area contributed by atoms with Crippen molar-refractivity contribution in [1.82, 2.24) is 18.6 Å². The van der Waals surface area contributed by atoms with Crippen molar-refractivity contribution in [3.63, 3.8) is 0 Å². The zero-order chi connectivity index (χ0) is 19.6. The van der Waals surface area contributed by atoms with Gasteiger partial charge in [-0.15, -0.1) is 11.3 Å². The van der Waals surface area contributed by atoms with Gasteiger partial charge in [0.05, 0.1) is 5.69 Å². The van der Waals surface area contributed by atoms with Crippen molar-refractivity contribution in [2.24, 2.45) is 0 Å². The highest BCUT2D eigenvalue weighted by Gasteiger charge is 2.25. The number of nitrogens with zero attached hydrogens (tertiary/aromatic N) is 4. The number of piperazine rings is 1. The molecule has 0 amide bonds. The van der Waals surface area contributed by atoms with Gasteiger partial charge in [-0.05, 0) is 11.6 Å². The second kappa shape index (κ2) is 7.96. The molecule has 0 unspecified atom stereocenters. The van der Waals surface area contributed by atoms with Gasteiger partial charge in [0, 0.05) is 55.8 Å². The van der Waals surface area contributed by atoms with E-state index in [1.54, 1.807) is 18.3 Å². The molecule has 0 atom stereocenters. The van der Waals surface area contributed by atoms with Gasteiger partial charge in [0.2, 0.25) is 10.0 Å². The molecular weight excluding hydrogens is 396 g/mol. The third-order valence-electron chi connectivity index (χ3n) is 4.67. The molecule has 0 aliphatic carbocycles. The lowest BCUT2D eigenvalue weighted by Crippen LogP contribution is -2.47. The summed E-state index contributed by atoms with van der Waals surface area (Å²) in [5.41, 5.74) is 1.48. The summed E-state index contributed by atoms with van der Waals surface area (Å²) in [6.45, 7) is 2.58. The van der Waals surface area contributed by atoms with Gasteiger partial charge in [-0.25, -0.2) is 13.4 Å². The van der Waals surface area contributed by atoms with E-state index in [-0.39, 0.29) is 5.56 Å². The predicted molar refractivity (Wildman–Crippen MR) is 111 cm³/mol. The molecule has 3 heterocycles. The van der Waals surface area contributed by atoms with Gasteiger partial charge in [-0.3, -0.25) is 14.1 Å². The van der Waals surface area contributed by atoms with E-state index >= 15 is 0 Å². The zero-order valence-electron chi connectivity index (χ0n) is 15.1. The first-order valence-electron chi connectivity index (χ1n) is 8.93. The lowest BCUT2D eigenvalue weighted by atomic mass is 10.2. The van der Waals surface area contributed by atoms with E-state index in [0.717, 1.165) is 5.56 Å². The maximum Gasteiger partial charge on any atom is 0.258 e. The average Bonchev–Trinajstić information content (AvgIpc) is 3.17. The highest BCUT2D eigenvalue weighted by atomic mass is 32.2. The lowest BCUT2D eigenvalue weighted by Gasteiger charge is -2.33. The van der Waals surface area contributed by atoms with E-state index < -0.39 is 10.0 Å². The molecule has 7 nitrogen and oxygen atoms in total. The quantitative estimate of drug-likeness (QED) is 0.635. The molecule has 0 spiro atoms. The summed E-state index contributed by atoms with van der Waals surface area (Å²) in [7, 11) is -3.45. The molecule has 0 bridgehead atoms. The van der Waals surface area contributed by atoms with Crippen LogP contribution in [0, 0.1) is 0 Å². The summed E-state index contributed by atoms with van der Waals surface area (Å²) in [6.07, 6.45) is 3.33. The number of hydrogen-bond donors (Lipinski definition) is 0. The van der Waals surface area contributed by atoms with E-state index in [1.165, 1.54) is 25.5 Å². The Bertz CT molecular complexity index is 1140. The summed E-state index contributed by atoms with van der Waals surface area (Å²) in [5.74, 6) is 0. The van der Waals surface area contributed by atoms with Crippen LogP contribution in [-0.2, 0) is 16.6 Å². The van der Waals surface area contributed by atoms with E-state index in [1.807, 2.05) is 35.7 Å². The number of aromatic nitrogens is 2. The van der Waals surface area contributed by atoms with Gasteiger partial charge >= 0.3 is 0 Å². The Morgan fingerprint density at radius 2 is 1.86 bits per heavy atom. The highest BCUT2D eigenvalue weighted by molar-refractivity contribution is 7.92. The first-order valence-corrected chi connectivity index (χ1v) is 11.3. The standard InChI is InChI=1S/C19H20N4O3S2/c24-18-14-17(20-19-23(18)11-12-27-19)15-21-7-9-22(10-8-21)28(25,26)13-6-16-4-2-1-3-5-16/h1-6,11-14H,7-10,15H2. The molecule has 2 aromatic heterocycles. The Labute approximate surface area is 167 Å². The maximum absolute atomic E-state index is 12.6. The molecule has 146 valence electrons. The summed E-state index contributed by atoms with van der Waals surface area (Å²) < 4.78 is 28.1. The Balaban J connectivity index is 1.38. The van der Waals surface area contributed by atoms with Crippen molar-refractivity contribution in [3.8, 4) is 0 Å². The Kier molecular flexibility index (Phi) is 5.40. The first-order chi connectivity index (χ1) is 13.5. The average molecular weight is 417 g/mol. The minimum Gasteiger partial charge on any atom is -0.295 e. The van der Waals surface area contributed by atoms with Gasteiger partial charge in [0.25, 0.3) is 5.56 Å². The monoisotopic (exact) mass is 416 g/mol. The fraction of sp³-hybridized carbons (Fsp3) is 0.263. The third kappa shape index (κ3) is 4.22. The van der Waals surface area contributed by atoms with Crippen LogP contribution < -0.4 is 5.56 Å². The van der Waals surface area contributed by atoms with Crippen molar-refractivity contribution in [2.75, 3.05) is 26.2 Å². The third-order valence-corrected chi connectivity index (χ3v) is 6.99. The number of hydrogen-bond acceptors (Lipinski definition) is 6. The van der Waals surface area contributed by atoms with Crippen molar-refractivity contribution < 1.29 is 8.42 Å². The van der Waals surface area contributed by atoms with Crippen LogP contribution in [0.1, 0.15) is 11.3 Å². The summed E-state index contributed by atoms with van der Waals surface area (Å²) in [6, 6.07) is 10.9. The van der Waals surface area contributed by atoms with Crippen molar-refractivity contribution in [2.45, 2.75) is 6.54 Å². The lowest BCUT2D eigenvalue weighted by molar-refractivity contribution is 0.181. The zero-order valence-corrected chi connectivity index (χ0v) is 16.8. The molecule has 1 aliphatic rings. The van der Waals surface area contributed by atoms with Gasteiger partial charge in [-0.2, -0.15) is 4.31 Å². The van der Waals surface area contributed by atoms with Crippen LogP contribution in [0.15, 0.2) is 58.2 Å². The molecule has 9 heteroatoms. The van der Waals surface area contributed by atoms with Gasteiger partial charge in [0.1, 0.15) is 0 Å². The molecule has 28 heavy (non-hydrogen) atoms. The molecule has 1 saturated heterocycles. The number of fused-ring (bicyclic) bond motifs is 1. The Hall–Kier alpha value is -2.33. The Morgan fingerprint density at radius 3 is 2.61 bits per heavy atom. The normalized spacial score (nSPS) is 16.9. The number of thiazole rings is 1. The molecule has 0 radical (unpaired) electrons. The summed E-state index contributed by atoms with van der Waals surface area (Å²) in [4.78, 5) is 19.4.